The fourth-order valence-electron chi connectivity index (χ4n) is 1.94. The summed E-state index contributed by atoms with van der Waals surface area (Å²) >= 11 is 1.80. The van der Waals surface area contributed by atoms with E-state index in [9.17, 15) is 4.79 Å². The van der Waals surface area contributed by atoms with Crippen LogP contribution in [-0.4, -0.2) is 28.9 Å². The van der Waals surface area contributed by atoms with E-state index >= 15 is 0 Å². The lowest BCUT2D eigenvalue weighted by Gasteiger charge is -2.31. The zero-order valence-corrected chi connectivity index (χ0v) is 8.05. The first kappa shape index (κ1) is 7.88. The normalized spacial score (nSPS) is 37.4. The Balaban J connectivity index is 1.75. The molecule has 3 rings (SSSR count). The molecule has 3 aliphatic rings. The summed E-state index contributed by atoms with van der Waals surface area (Å²) in [6, 6.07) is 0. The van der Waals surface area contributed by atoms with Crippen LogP contribution in [0.3, 0.4) is 0 Å². The van der Waals surface area contributed by atoms with Gasteiger partial charge < -0.3 is 9.64 Å². The van der Waals surface area contributed by atoms with Gasteiger partial charge in [-0.1, -0.05) is 0 Å². The Morgan fingerprint density at radius 1 is 1.62 bits per heavy atom. The van der Waals surface area contributed by atoms with Gasteiger partial charge in [0.15, 0.2) is 0 Å². The van der Waals surface area contributed by atoms with Crippen LogP contribution >= 0.6 is 11.8 Å². The van der Waals surface area contributed by atoms with E-state index < -0.39 is 0 Å². The highest BCUT2D eigenvalue weighted by Crippen LogP contribution is 2.44. The van der Waals surface area contributed by atoms with Crippen LogP contribution in [-0.2, 0) is 9.53 Å². The Bertz CT molecular complexity index is 283. The maximum absolute atomic E-state index is 11.1. The first-order chi connectivity index (χ1) is 6.34. The predicted octanol–water partition coefficient (Wildman–Crippen LogP) is 1.31. The number of ether oxygens (including phenoxy) is 1. The van der Waals surface area contributed by atoms with E-state index in [0.29, 0.717) is 11.8 Å². The van der Waals surface area contributed by atoms with Crippen molar-refractivity contribution in [2.75, 3.05) is 6.61 Å². The molecule has 0 bridgehead atoms. The smallest absolute Gasteiger partial charge is 0.230 e. The molecule has 1 amide bonds. The van der Waals surface area contributed by atoms with E-state index in [4.69, 9.17) is 4.74 Å². The fourth-order valence-corrected chi connectivity index (χ4v) is 3.28. The van der Waals surface area contributed by atoms with Gasteiger partial charge in [-0.05, 0) is 12.8 Å². The van der Waals surface area contributed by atoms with Crippen molar-refractivity contribution < 1.29 is 9.53 Å². The second-order valence-electron chi connectivity index (χ2n) is 3.61. The first-order valence-electron chi connectivity index (χ1n) is 4.66. The number of fused-ring (bicyclic) bond motifs is 1. The van der Waals surface area contributed by atoms with Gasteiger partial charge in [0.05, 0.1) is 17.9 Å². The molecule has 2 saturated heterocycles. The molecule has 0 spiro atoms. The molecule has 2 atom stereocenters. The molecule has 2 unspecified atom stereocenters. The lowest BCUT2D eigenvalue weighted by molar-refractivity contribution is -0.137. The van der Waals surface area contributed by atoms with Crippen molar-refractivity contribution in [3.05, 3.63) is 11.1 Å². The summed E-state index contributed by atoms with van der Waals surface area (Å²) in [4.78, 5) is 14.2. The molecule has 0 radical (unpaired) electrons. The topological polar surface area (TPSA) is 29.5 Å². The Morgan fingerprint density at radius 2 is 2.54 bits per heavy atom. The van der Waals surface area contributed by atoms with E-state index in [2.05, 4.69) is 0 Å². The van der Waals surface area contributed by atoms with Crippen LogP contribution in [0.2, 0.25) is 0 Å². The summed E-state index contributed by atoms with van der Waals surface area (Å²) < 4.78 is 5.57. The Kier molecular flexibility index (Phi) is 1.67. The van der Waals surface area contributed by atoms with Crippen molar-refractivity contribution >= 4 is 17.7 Å². The zero-order valence-electron chi connectivity index (χ0n) is 7.23. The van der Waals surface area contributed by atoms with Crippen molar-refractivity contribution in [3.8, 4) is 0 Å². The van der Waals surface area contributed by atoms with Crippen molar-refractivity contribution in [2.24, 2.45) is 0 Å². The molecule has 0 aromatic heterocycles. The van der Waals surface area contributed by atoms with Gasteiger partial charge in [-0.3, -0.25) is 4.79 Å². The molecule has 0 aromatic rings. The number of carbonyl (C=O) groups is 1. The van der Waals surface area contributed by atoms with Gasteiger partial charge in [0.2, 0.25) is 5.91 Å². The van der Waals surface area contributed by atoms with E-state index in [1.54, 1.807) is 11.8 Å². The zero-order chi connectivity index (χ0) is 8.84. The van der Waals surface area contributed by atoms with Crippen molar-refractivity contribution in [3.63, 3.8) is 0 Å². The maximum atomic E-state index is 11.1. The summed E-state index contributed by atoms with van der Waals surface area (Å²) in [5.74, 6) is 0.255. The number of amides is 1. The van der Waals surface area contributed by atoms with Crippen molar-refractivity contribution in [2.45, 2.75) is 30.7 Å². The Labute approximate surface area is 81.1 Å². The van der Waals surface area contributed by atoms with E-state index in [1.807, 2.05) is 11.1 Å². The van der Waals surface area contributed by atoms with Gasteiger partial charge in [-0.2, -0.15) is 0 Å². The third-order valence-electron chi connectivity index (χ3n) is 2.73. The highest BCUT2D eigenvalue weighted by molar-refractivity contribution is 8.04. The van der Waals surface area contributed by atoms with Crippen molar-refractivity contribution in [1.82, 2.24) is 4.90 Å². The molecule has 3 heterocycles. The molecule has 0 aromatic carbocycles. The Hall–Kier alpha value is -0.480. The highest BCUT2D eigenvalue weighted by Gasteiger charge is 2.42. The minimum absolute atomic E-state index is 0.255. The van der Waals surface area contributed by atoms with E-state index in [-0.39, 0.29) is 12.0 Å². The summed E-state index contributed by atoms with van der Waals surface area (Å²) in [6.45, 7) is 0.876. The largest absolute Gasteiger partial charge is 0.373 e. The highest BCUT2D eigenvalue weighted by atomic mass is 32.2. The third kappa shape index (κ3) is 1.12. The molecule has 3 nitrogen and oxygen atoms in total. The van der Waals surface area contributed by atoms with Gasteiger partial charge in [0, 0.05) is 17.7 Å². The molecule has 0 aliphatic carbocycles. The quantitative estimate of drug-likeness (QED) is 0.594. The molecular formula is C9H11NO2S. The number of hydrogen-bond donors (Lipinski definition) is 0. The monoisotopic (exact) mass is 197 g/mol. The van der Waals surface area contributed by atoms with Crippen LogP contribution in [0.5, 0.6) is 0 Å². The number of carbonyl (C=O) groups excluding carboxylic acids is 1. The number of hydrogen-bond acceptors (Lipinski definition) is 3. The first-order valence-corrected chi connectivity index (χ1v) is 5.54. The SMILES string of the molecule is O=C1CC2SC(C3CCCO3)=CN12. The van der Waals surface area contributed by atoms with E-state index in [1.165, 1.54) is 4.91 Å². The number of nitrogens with zero attached hydrogens (tertiary/aromatic N) is 1. The standard InChI is InChI=1S/C9H11NO2S/c11-8-4-9-10(8)5-7(13-9)6-2-1-3-12-6/h5-6,9H,1-4H2. The molecular weight excluding hydrogens is 186 g/mol. The van der Waals surface area contributed by atoms with E-state index in [0.717, 1.165) is 19.4 Å². The van der Waals surface area contributed by atoms with Crippen LogP contribution in [0.15, 0.2) is 11.1 Å². The Morgan fingerprint density at radius 3 is 3.15 bits per heavy atom. The lowest BCUT2D eigenvalue weighted by atomic mass is 10.2. The molecule has 0 N–H and O–H groups in total. The molecule has 2 fully saturated rings. The van der Waals surface area contributed by atoms with Crippen LogP contribution in [0.1, 0.15) is 19.3 Å². The summed E-state index contributed by atoms with van der Waals surface area (Å²) in [5, 5.41) is 0.395. The molecule has 0 saturated carbocycles. The second-order valence-corrected chi connectivity index (χ2v) is 4.86. The fraction of sp³-hybridized carbons (Fsp3) is 0.667. The summed E-state index contributed by atoms with van der Waals surface area (Å²) in [6.07, 6.45) is 5.24. The second kappa shape index (κ2) is 2.75. The van der Waals surface area contributed by atoms with Gasteiger partial charge in [0.1, 0.15) is 0 Å². The summed E-state index contributed by atoms with van der Waals surface area (Å²) in [5.41, 5.74) is 0. The molecule has 3 aliphatic heterocycles. The number of rotatable bonds is 1. The van der Waals surface area contributed by atoms with Crippen LogP contribution in [0.4, 0.5) is 0 Å². The minimum Gasteiger partial charge on any atom is -0.373 e. The van der Waals surface area contributed by atoms with Gasteiger partial charge in [0.25, 0.3) is 0 Å². The average molecular weight is 197 g/mol. The van der Waals surface area contributed by atoms with Crippen molar-refractivity contribution in [1.29, 1.82) is 0 Å². The van der Waals surface area contributed by atoms with Crippen LogP contribution < -0.4 is 0 Å². The predicted molar refractivity (Wildman–Crippen MR) is 49.9 cm³/mol. The van der Waals surface area contributed by atoms with Crippen LogP contribution in [0.25, 0.3) is 0 Å². The third-order valence-corrected chi connectivity index (χ3v) is 4.04. The van der Waals surface area contributed by atoms with Gasteiger partial charge in [-0.25, -0.2) is 0 Å². The van der Waals surface area contributed by atoms with Crippen LogP contribution in [0, 0.1) is 0 Å². The summed E-state index contributed by atoms with van der Waals surface area (Å²) in [7, 11) is 0. The van der Waals surface area contributed by atoms with Gasteiger partial charge in [-0.15, -0.1) is 11.8 Å². The maximum Gasteiger partial charge on any atom is 0.230 e. The van der Waals surface area contributed by atoms with Gasteiger partial charge >= 0.3 is 0 Å². The lowest BCUT2D eigenvalue weighted by Crippen LogP contribution is -2.44. The molecule has 13 heavy (non-hydrogen) atoms. The minimum atomic E-state index is 0.255. The average Bonchev–Trinajstić information content (AvgIpc) is 2.69. The molecule has 4 heteroatoms. The number of β-lactam (4-membered cyclic amide) rings is 1. The molecule has 70 valence electrons. The number of thioether (sulfide) groups is 1.